The lowest BCUT2D eigenvalue weighted by molar-refractivity contribution is -0.153. The normalized spacial score (nSPS) is 11.7. The molecule has 2 aromatic heterocycles. The lowest BCUT2D eigenvalue weighted by Crippen LogP contribution is -2.32. The van der Waals surface area contributed by atoms with Crippen LogP contribution in [-0.4, -0.2) is 27.3 Å². The average Bonchev–Trinajstić information content (AvgIpc) is 3.43. The minimum Gasteiger partial charge on any atom is -0.461 e. The Kier molecular flexibility index (Phi) is 7.01. The standard InChI is InChI=1S/C27H27N3O5/c1-18-25(27(33)30(29(18)3)21-12-8-5-9-13-21)28-26(32)19(2)34-24(31)17-15-22-14-16-23(35-22)20-10-6-4-7-11-20/h4-14,16,19H,15,17H2,1-3H3,(H,28,32)/t19-/m1/s1. The number of hydrogen-bond donors (Lipinski definition) is 1. The van der Waals surface area contributed by atoms with Gasteiger partial charge in [0.1, 0.15) is 17.2 Å². The minimum absolute atomic E-state index is 0.0601. The molecule has 35 heavy (non-hydrogen) atoms. The molecule has 0 fully saturated rings. The summed E-state index contributed by atoms with van der Waals surface area (Å²) in [4.78, 5) is 38.0. The van der Waals surface area contributed by atoms with E-state index in [0.29, 0.717) is 23.6 Å². The first kappa shape index (κ1) is 23.8. The van der Waals surface area contributed by atoms with E-state index in [1.807, 2.05) is 60.7 Å². The SMILES string of the molecule is Cc1c(NC(=O)[C@@H](C)OC(=O)CCc2ccc(-c3ccccc3)o2)c(=O)n(-c2ccccc2)n1C. The van der Waals surface area contributed by atoms with Gasteiger partial charge in [-0.2, -0.15) is 0 Å². The summed E-state index contributed by atoms with van der Waals surface area (Å²) in [7, 11) is 1.74. The number of hydrogen-bond acceptors (Lipinski definition) is 5. The number of aromatic nitrogens is 2. The van der Waals surface area contributed by atoms with Crippen LogP contribution in [0, 0.1) is 6.92 Å². The van der Waals surface area contributed by atoms with E-state index in [-0.39, 0.29) is 17.7 Å². The van der Waals surface area contributed by atoms with Crippen LogP contribution >= 0.6 is 0 Å². The van der Waals surface area contributed by atoms with Gasteiger partial charge in [-0.1, -0.05) is 48.5 Å². The highest BCUT2D eigenvalue weighted by molar-refractivity contribution is 5.95. The van der Waals surface area contributed by atoms with Crippen molar-refractivity contribution in [2.45, 2.75) is 32.8 Å². The van der Waals surface area contributed by atoms with E-state index in [0.717, 1.165) is 11.3 Å². The molecule has 0 radical (unpaired) electrons. The van der Waals surface area contributed by atoms with Crippen molar-refractivity contribution in [2.75, 3.05) is 5.32 Å². The van der Waals surface area contributed by atoms with Gasteiger partial charge in [0.2, 0.25) is 0 Å². The number of nitrogens with one attached hydrogen (secondary N) is 1. The summed E-state index contributed by atoms with van der Waals surface area (Å²) < 4.78 is 14.2. The Morgan fingerprint density at radius 2 is 1.66 bits per heavy atom. The van der Waals surface area contributed by atoms with Gasteiger partial charge in [-0.25, -0.2) is 4.68 Å². The Morgan fingerprint density at radius 1 is 1.00 bits per heavy atom. The second-order valence-electron chi connectivity index (χ2n) is 8.19. The Hall–Kier alpha value is -4.33. The van der Waals surface area contributed by atoms with Crippen LogP contribution in [0.5, 0.6) is 0 Å². The summed E-state index contributed by atoms with van der Waals surface area (Å²) in [5.41, 5.74) is 1.99. The molecule has 0 aliphatic heterocycles. The molecular weight excluding hydrogens is 446 g/mol. The summed E-state index contributed by atoms with van der Waals surface area (Å²) in [6.07, 6.45) is -0.660. The van der Waals surface area contributed by atoms with Gasteiger partial charge in [0, 0.05) is 19.0 Å². The maximum atomic E-state index is 13.0. The minimum atomic E-state index is -1.07. The number of benzene rings is 2. The zero-order valence-electron chi connectivity index (χ0n) is 19.9. The van der Waals surface area contributed by atoms with Gasteiger partial charge in [-0.05, 0) is 38.1 Å². The molecule has 8 heteroatoms. The molecule has 0 bridgehead atoms. The molecule has 0 aliphatic rings. The monoisotopic (exact) mass is 473 g/mol. The van der Waals surface area contributed by atoms with Gasteiger partial charge >= 0.3 is 5.97 Å². The van der Waals surface area contributed by atoms with E-state index < -0.39 is 18.0 Å². The predicted molar refractivity (Wildman–Crippen MR) is 132 cm³/mol. The van der Waals surface area contributed by atoms with E-state index in [4.69, 9.17) is 9.15 Å². The summed E-state index contributed by atoms with van der Waals surface area (Å²) in [6, 6.07) is 22.5. The highest BCUT2D eigenvalue weighted by Gasteiger charge is 2.23. The molecule has 1 N–H and O–H groups in total. The highest BCUT2D eigenvalue weighted by atomic mass is 16.5. The molecule has 1 amide bonds. The zero-order chi connectivity index (χ0) is 24.9. The third-order valence-electron chi connectivity index (χ3n) is 5.78. The molecule has 0 unspecified atom stereocenters. The Labute approximate surface area is 202 Å². The molecule has 0 saturated heterocycles. The molecule has 2 aromatic carbocycles. The Morgan fingerprint density at radius 3 is 2.34 bits per heavy atom. The predicted octanol–water partition coefficient (Wildman–Crippen LogP) is 4.25. The van der Waals surface area contributed by atoms with Gasteiger partial charge in [0.05, 0.1) is 17.8 Å². The van der Waals surface area contributed by atoms with Crippen molar-refractivity contribution < 1.29 is 18.7 Å². The molecule has 4 rings (SSSR count). The third kappa shape index (κ3) is 5.27. The highest BCUT2D eigenvalue weighted by Crippen LogP contribution is 2.22. The quantitative estimate of drug-likeness (QED) is 0.386. The zero-order valence-corrected chi connectivity index (χ0v) is 19.9. The molecule has 8 nitrogen and oxygen atoms in total. The van der Waals surface area contributed by atoms with E-state index >= 15 is 0 Å². The average molecular weight is 474 g/mol. The van der Waals surface area contributed by atoms with Crippen LogP contribution in [0.25, 0.3) is 17.0 Å². The molecule has 0 aliphatic carbocycles. The summed E-state index contributed by atoms with van der Waals surface area (Å²) in [5, 5.41) is 2.62. The molecule has 1 atom stereocenters. The Bertz CT molecular complexity index is 1380. The van der Waals surface area contributed by atoms with Crippen molar-refractivity contribution in [1.29, 1.82) is 0 Å². The van der Waals surface area contributed by atoms with Crippen molar-refractivity contribution >= 4 is 17.6 Å². The number of amides is 1. The molecule has 2 heterocycles. The fraction of sp³-hybridized carbons (Fsp3) is 0.222. The van der Waals surface area contributed by atoms with E-state index in [1.165, 1.54) is 11.6 Å². The van der Waals surface area contributed by atoms with Crippen LogP contribution in [0.15, 0.2) is 82.0 Å². The van der Waals surface area contributed by atoms with Crippen molar-refractivity contribution in [3.8, 4) is 17.0 Å². The fourth-order valence-electron chi connectivity index (χ4n) is 3.74. The van der Waals surface area contributed by atoms with Gasteiger partial charge in [0.25, 0.3) is 11.5 Å². The Balaban J connectivity index is 1.35. The fourth-order valence-corrected chi connectivity index (χ4v) is 3.74. The topological polar surface area (TPSA) is 95.5 Å². The summed E-state index contributed by atoms with van der Waals surface area (Å²) in [5.74, 6) is 0.269. The van der Waals surface area contributed by atoms with Gasteiger partial charge < -0.3 is 14.5 Å². The number of anilines is 1. The van der Waals surface area contributed by atoms with Crippen molar-refractivity contribution in [3.63, 3.8) is 0 Å². The first-order valence-corrected chi connectivity index (χ1v) is 11.3. The lowest BCUT2D eigenvalue weighted by Gasteiger charge is -2.12. The molecule has 4 aromatic rings. The maximum Gasteiger partial charge on any atom is 0.307 e. The van der Waals surface area contributed by atoms with Crippen LogP contribution in [0.1, 0.15) is 24.8 Å². The number of furan rings is 1. The van der Waals surface area contributed by atoms with Crippen LogP contribution < -0.4 is 10.9 Å². The summed E-state index contributed by atoms with van der Waals surface area (Å²) >= 11 is 0. The van der Waals surface area contributed by atoms with E-state index in [9.17, 15) is 14.4 Å². The number of para-hydroxylation sites is 1. The first-order chi connectivity index (χ1) is 16.8. The number of carbonyl (C=O) groups excluding carboxylic acids is 2. The van der Waals surface area contributed by atoms with Crippen LogP contribution in [0.3, 0.4) is 0 Å². The number of rotatable bonds is 8. The van der Waals surface area contributed by atoms with E-state index in [2.05, 4.69) is 5.32 Å². The second-order valence-corrected chi connectivity index (χ2v) is 8.19. The molecular formula is C27H27N3O5. The maximum absolute atomic E-state index is 13.0. The van der Waals surface area contributed by atoms with Crippen LogP contribution in [0.2, 0.25) is 0 Å². The number of nitrogens with zero attached hydrogens (tertiary/aromatic N) is 2. The van der Waals surface area contributed by atoms with Crippen molar-refractivity contribution in [3.05, 3.63) is 94.6 Å². The van der Waals surface area contributed by atoms with E-state index in [1.54, 1.807) is 30.8 Å². The van der Waals surface area contributed by atoms with Crippen molar-refractivity contribution in [2.24, 2.45) is 7.05 Å². The van der Waals surface area contributed by atoms with Crippen LogP contribution in [-0.2, 0) is 27.8 Å². The summed E-state index contributed by atoms with van der Waals surface area (Å²) in [6.45, 7) is 3.21. The van der Waals surface area contributed by atoms with Gasteiger partial charge in [-0.15, -0.1) is 0 Å². The largest absolute Gasteiger partial charge is 0.461 e. The smallest absolute Gasteiger partial charge is 0.307 e. The van der Waals surface area contributed by atoms with Gasteiger partial charge in [-0.3, -0.25) is 19.1 Å². The molecule has 0 saturated carbocycles. The number of esters is 1. The van der Waals surface area contributed by atoms with Crippen molar-refractivity contribution in [1.82, 2.24) is 9.36 Å². The molecule has 0 spiro atoms. The number of ether oxygens (including phenoxy) is 1. The number of aryl methyl sites for hydroxylation is 1. The first-order valence-electron chi connectivity index (χ1n) is 11.3. The number of carbonyl (C=O) groups is 2. The van der Waals surface area contributed by atoms with Gasteiger partial charge in [0.15, 0.2) is 6.10 Å². The third-order valence-corrected chi connectivity index (χ3v) is 5.78. The van der Waals surface area contributed by atoms with Crippen LogP contribution in [0.4, 0.5) is 5.69 Å². The molecule has 180 valence electrons. The lowest BCUT2D eigenvalue weighted by atomic mass is 10.2. The second kappa shape index (κ2) is 10.3.